The summed E-state index contributed by atoms with van der Waals surface area (Å²) in [5, 5.41) is 0. The van der Waals surface area contributed by atoms with E-state index in [0.29, 0.717) is 5.56 Å². The SMILES string of the molecule is COc1ccc(C(=O)C(c2ccccc2)c2ccc(OC)cc2)cc1. The fourth-order valence-corrected chi connectivity index (χ4v) is 2.86. The summed E-state index contributed by atoms with van der Waals surface area (Å²) in [6.45, 7) is 0. The second-order valence-electron chi connectivity index (χ2n) is 5.71. The summed E-state index contributed by atoms with van der Waals surface area (Å²) in [4.78, 5) is 13.2. The zero-order valence-corrected chi connectivity index (χ0v) is 14.3. The van der Waals surface area contributed by atoms with E-state index in [4.69, 9.17) is 9.47 Å². The standard InChI is InChI=1S/C22H20O3/c1-24-19-12-8-17(9-13-19)21(16-6-4-3-5-7-16)22(23)18-10-14-20(25-2)15-11-18/h3-15,21H,1-2H3. The minimum absolute atomic E-state index is 0.0546. The molecule has 126 valence electrons. The quantitative estimate of drug-likeness (QED) is 0.613. The van der Waals surface area contributed by atoms with Crippen LogP contribution < -0.4 is 9.47 Å². The Balaban J connectivity index is 2.01. The number of benzene rings is 3. The first-order valence-corrected chi connectivity index (χ1v) is 8.10. The molecule has 0 heterocycles. The molecule has 0 amide bonds. The zero-order chi connectivity index (χ0) is 17.6. The Kier molecular flexibility index (Phi) is 5.14. The van der Waals surface area contributed by atoms with Crippen molar-refractivity contribution < 1.29 is 14.3 Å². The number of carbonyl (C=O) groups excluding carboxylic acids is 1. The molecule has 0 spiro atoms. The van der Waals surface area contributed by atoms with Crippen molar-refractivity contribution in [1.29, 1.82) is 0 Å². The summed E-state index contributed by atoms with van der Waals surface area (Å²) in [6.07, 6.45) is 0. The third-order valence-corrected chi connectivity index (χ3v) is 4.22. The first-order chi connectivity index (χ1) is 12.2. The Bertz CT molecular complexity index is 821. The predicted octanol–water partition coefficient (Wildman–Crippen LogP) is 4.72. The molecule has 25 heavy (non-hydrogen) atoms. The zero-order valence-electron chi connectivity index (χ0n) is 14.3. The van der Waals surface area contributed by atoms with E-state index in [1.165, 1.54) is 0 Å². The molecule has 0 aliphatic rings. The highest BCUT2D eigenvalue weighted by atomic mass is 16.5. The number of ketones is 1. The predicted molar refractivity (Wildman–Crippen MR) is 98.6 cm³/mol. The summed E-state index contributed by atoms with van der Waals surface area (Å²) in [7, 11) is 3.24. The molecule has 0 fully saturated rings. The molecule has 3 nitrogen and oxygen atoms in total. The van der Waals surface area contributed by atoms with Gasteiger partial charge in [-0.25, -0.2) is 0 Å². The largest absolute Gasteiger partial charge is 0.497 e. The van der Waals surface area contributed by atoms with Crippen molar-refractivity contribution in [2.24, 2.45) is 0 Å². The summed E-state index contributed by atoms with van der Waals surface area (Å²) in [5.41, 5.74) is 2.56. The van der Waals surface area contributed by atoms with Crippen molar-refractivity contribution in [3.8, 4) is 11.5 Å². The maximum absolute atomic E-state index is 13.2. The molecule has 0 aliphatic carbocycles. The van der Waals surface area contributed by atoms with Gasteiger partial charge in [-0.2, -0.15) is 0 Å². The molecule has 0 saturated heterocycles. The second kappa shape index (κ2) is 7.67. The first-order valence-electron chi connectivity index (χ1n) is 8.10. The maximum atomic E-state index is 13.2. The van der Waals surface area contributed by atoms with Crippen LogP contribution in [0, 0.1) is 0 Å². The van der Waals surface area contributed by atoms with Gasteiger partial charge in [-0.1, -0.05) is 42.5 Å². The van der Waals surface area contributed by atoms with Crippen LogP contribution in [0.1, 0.15) is 27.4 Å². The van der Waals surface area contributed by atoms with Crippen molar-refractivity contribution in [1.82, 2.24) is 0 Å². The number of ether oxygens (including phenoxy) is 2. The highest BCUT2D eigenvalue weighted by molar-refractivity contribution is 6.03. The molecule has 0 saturated carbocycles. The van der Waals surface area contributed by atoms with Crippen LogP contribution in [-0.2, 0) is 0 Å². The monoisotopic (exact) mass is 332 g/mol. The lowest BCUT2D eigenvalue weighted by molar-refractivity contribution is 0.0974. The minimum Gasteiger partial charge on any atom is -0.497 e. The van der Waals surface area contributed by atoms with Crippen LogP contribution in [0.15, 0.2) is 78.9 Å². The van der Waals surface area contributed by atoms with E-state index in [1.54, 1.807) is 26.4 Å². The molecule has 0 bridgehead atoms. The fourth-order valence-electron chi connectivity index (χ4n) is 2.86. The lowest BCUT2D eigenvalue weighted by Gasteiger charge is -2.18. The van der Waals surface area contributed by atoms with Crippen molar-refractivity contribution >= 4 is 5.78 Å². The number of carbonyl (C=O) groups is 1. The smallest absolute Gasteiger partial charge is 0.174 e. The van der Waals surface area contributed by atoms with E-state index >= 15 is 0 Å². The molecular weight excluding hydrogens is 312 g/mol. The van der Waals surface area contributed by atoms with Crippen molar-refractivity contribution in [3.63, 3.8) is 0 Å². The molecule has 0 radical (unpaired) electrons. The van der Waals surface area contributed by atoms with Crippen LogP contribution in [0.4, 0.5) is 0 Å². The van der Waals surface area contributed by atoms with Gasteiger partial charge >= 0.3 is 0 Å². The van der Waals surface area contributed by atoms with Crippen LogP contribution in [-0.4, -0.2) is 20.0 Å². The third-order valence-electron chi connectivity index (χ3n) is 4.22. The topological polar surface area (TPSA) is 35.5 Å². The van der Waals surface area contributed by atoms with E-state index in [-0.39, 0.29) is 11.7 Å². The van der Waals surface area contributed by atoms with Gasteiger partial charge < -0.3 is 9.47 Å². The van der Waals surface area contributed by atoms with Gasteiger partial charge in [0.15, 0.2) is 5.78 Å². The Morgan fingerprint density at radius 3 is 1.68 bits per heavy atom. The van der Waals surface area contributed by atoms with E-state index in [0.717, 1.165) is 22.6 Å². The molecule has 0 aliphatic heterocycles. The minimum atomic E-state index is -0.361. The van der Waals surface area contributed by atoms with Gasteiger partial charge in [-0.05, 0) is 47.5 Å². The van der Waals surface area contributed by atoms with Gasteiger partial charge in [0.25, 0.3) is 0 Å². The average Bonchev–Trinajstić information content (AvgIpc) is 2.69. The summed E-state index contributed by atoms with van der Waals surface area (Å²) in [6, 6.07) is 24.7. The van der Waals surface area contributed by atoms with Crippen LogP contribution in [0.25, 0.3) is 0 Å². The molecule has 0 aromatic heterocycles. The van der Waals surface area contributed by atoms with Crippen LogP contribution in [0.3, 0.4) is 0 Å². The van der Waals surface area contributed by atoms with Crippen molar-refractivity contribution in [2.45, 2.75) is 5.92 Å². The molecule has 3 aromatic carbocycles. The molecule has 3 rings (SSSR count). The van der Waals surface area contributed by atoms with Gasteiger partial charge in [0.1, 0.15) is 11.5 Å². The number of methoxy groups -OCH3 is 2. The molecule has 0 N–H and O–H groups in total. The highest BCUT2D eigenvalue weighted by Gasteiger charge is 2.24. The Labute approximate surface area is 147 Å². The summed E-state index contributed by atoms with van der Waals surface area (Å²) >= 11 is 0. The van der Waals surface area contributed by atoms with Gasteiger partial charge in [0, 0.05) is 5.56 Å². The fraction of sp³-hybridized carbons (Fsp3) is 0.136. The average molecular weight is 332 g/mol. The van der Waals surface area contributed by atoms with Crippen molar-refractivity contribution in [2.75, 3.05) is 14.2 Å². The van der Waals surface area contributed by atoms with Crippen LogP contribution in [0.5, 0.6) is 11.5 Å². The van der Waals surface area contributed by atoms with E-state index in [2.05, 4.69) is 0 Å². The van der Waals surface area contributed by atoms with E-state index in [9.17, 15) is 4.79 Å². The van der Waals surface area contributed by atoms with Crippen molar-refractivity contribution in [3.05, 3.63) is 95.6 Å². The number of rotatable bonds is 6. The summed E-state index contributed by atoms with van der Waals surface area (Å²) in [5.74, 6) is 1.20. The number of hydrogen-bond donors (Lipinski definition) is 0. The van der Waals surface area contributed by atoms with E-state index < -0.39 is 0 Å². The summed E-state index contributed by atoms with van der Waals surface area (Å²) < 4.78 is 10.4. The third kappa shape index (κ3) is 3.72. The molecule has 3 aromatic rings. The first kappa shape index (κ1) is 16.8. The Morgan fingerprint density at radius 1 is 0.680 bits per heavy atom. The molecule has 3 heteroatoms. The maximum Gasteiger partial charge on any atom is 0.174 e. The second-order valence-corrected chi connectivity index (χ2v) is 5.71. The molecule has 1 atom stereocenters. The Morgan fingerprint density at radius 2 is 1.16 bits per heavy atom. The van der Waals surface area contributed by atoms with Crippen LogP contribution >= 0.6 is 0 Å². The lowest BCUT2D eigenvalue weighted by atomic mass is 9.85. The van der Waals surface area contributed by atoms with Gasteiger partial charge in [-0.3, -0.25) is 4.79 Å². The van der Waals surface area contributed by atoms with E-state index in [1.807, 2.05) is 66.7 Å². The number of Topliss-reactive ketones (excluding diaryl/α,β-unsaturated/α-hetero) is 1. The van der Waals surface area contributed by atoms with Crippen LogP contribution in [0.2, 0.25) is 0 Å². The normalized spacial score (nSPS) is 11.6. The highest BCUT2D eigenvalue weighted by Crippen LogP contribution is 2.30. The Hall–Kier alpha value is -3.07. The number of hydrogen-bond acceptors (Lipinski definition) is 3. The molecule has 1 unspecified atom stereocenters. The van der Waals surface area contributed by atoms with Gasteiger partial charge in [-0.15, -0.1) is 0 Å². The lowest BCUT2D eigenvalue weighted by Crippen LogP contribution is -2.14. The van der Waals surface area contributed by atoms with Gasteiger partial charge in [0.05, 0.1) is 20.1 Å². The molecular formula is C22H20O3. The van der Waals surface area contributed by atoms with Gasteiger partial charge in [0.2, 0.25) is 0 Å².